The maximum Gasteiger partial charge on any atom is 0.0712 e. The molecule has 3 N–H and O–H groups in total. The van der Waals surface area contributed by atoms with E-state index in [9.17, 15) is 0 Å². The van der Waals surface area contributed by atoms with E-state index in [0.717, 1.165) is 29.6 Å². The van der Waals surface area contributed by atoms with Gasteiger partial charge in [0.1, 0.15) is 0 Å². The largest absolute Gasteiger partial charge is 0.383 e. The van der Waals surface area contributed by atoms with Gasteiger partial charge in [-0.15, -0.1) is 0 Å². The Kier molecular flexibility index (Phi) is 6.85. The van der Waals surface area contributed by atoms with Crippen molar-refractivity contribution >= 4 is 15.9 Å². The standard InChI is InChI=1S/C12H23BrN4O/c1-4-5-9(2)11(16-14)12-10(13)8-15-17(12)6-7-18-3/h8-9,11,16H,4-7,14H2,1-3H3. The summed E-state index contributed by atoms with van der Waals surface area (Å²) >= 11 is 3.55. The molecule has 0 aliphatic carbocycles. The Morgan fingerprint density at radius 3 is 2.89 bits per heavy atom. The van der Waals surface area contributed by atoms with E-state index in [1.54, 1.807) is 7.11 Å². The number of hydrazine groups is 1. The number of methoxy groups -OCH3 is 1. The quantitative estimate of drug-likeness (QED) is 0.570. The van der Waals surface area contributed by atoms with Gasteiger partial charge in [0.2, 0.25) is 0 Å². The van der Waals surface area contributed by atoms with Crippen LogP contribution in [0, 0.1) is 5.92 Å². The molecular formula is C12H23BrN4O. The lowest BCUT2D eigenvalue weighted by Gasteiger charge is -2.24. The Balaban J connectivity index is 2.92. The molecule has 0 saturated heterocycles. The number of hydrogen-bond donors (Lipinski definition) is 2. The summed E-state index contributed by atoms with van der Waals surface area (Å²) in [5.41, 5.74) is 4.01. The summed E-state index contributed by atoms with van der Waals surface area (Å²) in [4.78, 5) is 0. The number of rotatable bonds is 8. The van der Waals surface area contributed by atoms with Crippen molar-refractivity contribution in [3.63, 3.8) is 0 Å². The molecular weight excluding hydrogens is 296 g/mol. The van der Waals surface area contributed by atoms with E-state index in [2.05, 4.69) is 40.3 Å². The lowest BCUT2D eigenvalue weighted by molar-refractivity contribution is 0.180. The molecule has 0 amide bonds. The molecule has 0 aromatic carbocycles. The van der Waals surface area contributed by atoms with Gasteiger partial charge >= 0.3 is 0 Å². The average Bonchev–Trinajstić information content (AvgIpc) is 2.70. The molecule has 1 aromatic rings. The first-order valence-corrected chi connectivity index (χ1v) is 7.11. The van der Waals surface area contributed by atoms with Gasteiger partial charge in [-0.2, -0.15) is 5.10 Å². The highest BCUT2D eigenvalue weighted by Gasteiger charge is 2.24. The summed E-state index contributed by atoms with van der Waals surface area (Å²) in [5.74, 6) is 6.17. The van der Waals surface area contributed by atoms with Crippen LogP contribution in [0.5, 0.6) is 0 Å². The van der Waals surface area contributed by atoms with Crippen LogP contribution in [0.1, 0.15) is 38.4 Å². The van der Waals surface area contributed by atoms with Gasteiger partial charge in [0.05, 0.1) is 35.6 Å². The van der Waals surface area contributed by atoms with Crippen molar-refractivity contribution in [3.05, 3.63) is 16.4 Å². The van der Waals surface area contributed by atoms with Gasteiger partial charge in [-0.3, -0.25) is 16.0 Å². The fraction of sp³-hybridized carbons (Fsp3) is 0.750. The molecule has 0 bridgehead atoms. The third-order valence-corrected chi connectivity index (χ3v) is 3.74. The van der Waals surface area contributed by atoms with Gasteiger partial charge in [-0.05, 0) is 28.3 Å². The van der Waals surface area contributed by atoms with Crippen LogP contribution < -0.4 is 11.3 Å². The first-order chi connectivity index (χ1) is 8.65. The molecule has 104 valence electrons. The lowest BCUT2D eigenvalue weighted by Crippen LogP contribution is -2.34. The molecule has 0 fully saturated rings. The predicted octanol–water partition coefficient (Wildman–Crippen LogP) is 2.23. The van der Waals surface area contributed by atoms with Gasteiger partial charge in [0.25, 0.3) is 0 Å². The summed E-state index contributed by atoms with van der Waals surface area (Å²) in [5, 5.41) is 4.36. The van der Waals surface area contributed by atoms with E-state index in [1.807, 2.05) is 10.9 Å². The highest BCUT2D eigenvalue weighted by Crippen LogP contribution is 2.30. The molecule has 2 unspecified atom stereocenters. The third-order valence-electron chi connectivity index (χ3n) is 3.13. The van der Waals surface area contributed by atoms with Gasteiger partial charge in [0, 0.05) is 7.11 Å². The van der Waals surface area contributed by atoms with E-state index in [-0.39, 0.29) is 6.04 Å². The Labute approximate surface area is 117 Å². The molecule has 0 radical (unpaired) electrons. The van der Waals surface area contributed by atoms with E-state index in [4.69, 9.17) is 10.6 Å². The van der Waals surface area contributed by atoms with Crippen LogP contribution in [0.15, 0.2) is 10.7 Å². The topological polar surface area (TPSA) is 65.1 Å². The number of aromatic nitrogens is 2. The number of ether oxygens (including phenoxy) is 1. The van der Waals surface area contributed by atoms with E-state index in [1.165, 1.54) is 0 Å². The SMILES string of the molecule is CCCC(C)C(NN)c1c(Br)cnn1CCOC. The molecule has 0 aliphatic heterocycles. The Morgan fingerprint density at radius 1 is 1.61 bits per heavy atom. The zero-order valence-electron chi connectivity index (χ0n) is 11.3. The van der Waals surface area contributed by atoms with Crippen molar-refractivity contribution in [1.29, 1.82) is 0 Å². The van der Waals surface area contributed by atoms with Crippen LogP contribution in [0.3, 0.4) is 0 Å². The fourth-order valence-electron chi connectivity index (χ4n) is 2.17. The minimum Gasteiger partial charge on any atom is -0.383 e. The monoisotopic (exact) mass is 318 g/mol. The maximum absolute atomic E-state index is 5.72. The van der Waals surface area contributed by atoms with Crippen molar-refractivity contribution in [2.24, 2.45) is 11.8 Å². The van der Waals surface area contributed by atoms with Crippen molar-refractivity contribution in [3.8, 4) is 0 Å². The molecule has 1 heterocycles. The van der Waals surface area contributed by atoms with E-state index in [0.29, 0.717) is 12.5 Å². The van der Waals surface area contributed by atoms with Crippen LogP contribution in [0.25, 0.3) is 0 Å². The summed E-state index contributed by atoms with van der Waals surface area (Å²) < 4.78 is 8.04. The highest BCUT2D eigenvalue weighted by atomic mass is 79.9. The van der Waals surface area contributed by atoms with Crippen LogP contribution in [0.2, 0.25) is 0 Å². The predicted molar refractivity (Wildman–Crippen MR) is 75.9 cm³/mol. The smallest absolute Gasteiger partial charge is 0.0712 e. The lowest BCUT2D eigenvalue weighted by atomic mass is 9.95. The second kappa shape index (κ2) is 7.89. The first-order valence-electron chi connectivity index (χ1n) is 6.31. The molecule has 0 aliphatic rings. The zero-order chi connectivity index (χ0) is 13.5. The van der Waals surface area contributed by atoms with Crippen molar-refractivity contribution < 1.29 is 4.74 Å². The van der Waals surface area contributed by atoms with E-state index < -0.39 is 0 Å². The second-order valence-corrected chi connectivity index (χ2v) is 5.36. The van der Waals surface area contributed by atoms with Crippen molar-refractivity contribution in [1.82, 2.24) is 15.2 Å². The van der Waals surface area contributed by atoms with Crippen LogP contribution in [-0.4, -0.2) is 23.5 Å². The van der Waals surface area contributed by atoms with Crippen molar-refractivity contribution in [2.45, 2.75) is 39.3 Å². The molecule has 0 saturated carbocycles. The van der Waals surface area contributed by atoms with Crippen LogP contribution in [0.4, 0.5) is 0 Å². The van der Waals surface area contributed by atoms with Crippen molar-refractivity contribution in [2.75, 3.05) is 13.7 Å². The van der Waals surface area contributed by atoms with Gasteiger partial charge in [-0.1, -0.05) is 20.3 Å². The molecule has 1 rings (SSSR count). The molecule has 1 aromatic heterocycles. The number of nitrogens with one attached hydrogen (secondary N) is 1. The molecule has 6 heteroatoms. The highest BCUT2D eigenvalue weighted by molar-refractivity contribution is 9.10. The summed E-state index contributed by atoms with van der Waals surface area (Å²) in [6, 6.07) is 0.0960. The average molecular weight is 319 g/mol. The number of nitrogens with two attached hydrogens (primary N) is 1. The van der Waals surface area contributed by atoms with Gasteiger partial charge in [-0.25, -0.2) is 0 Å². The van der Waals surface area contributed by atoms with Crippen LogP contribution >= 0.6 is 15.9 Å². The molecule has 0 spiro atoms. The minimum absolute atomic E-state index is 0.0960. The molecule has 5 nitrogen and oxygen atoms in total. The number of nitrogens with zero attached hydrogens (tertiary/aromatic N) is 2. The summed E-state index contributed by atoms with van der Waals surface area (Å²) in [7, 11) is 1.69. The Morgan fingerprint density at radius 2 is 2.33 bits per heavy atom. The first kappa shape index (κ1) is 15.6. The van der Waals surface area contributed by atoms with Gasteiger partial charge < -0.3 is 4.74 Å². The van der Waals surface area contributed by atoms with Crippen LogP contribution in [-0.2, 0) is 11.3 Å². The summed E-state index contributed by atoms with van der Waals surface area (Å²) in [6.07, 6.45) is 4.08. The Bertz CT molecular complexity index is 356. The third kappa shape index (κ3) is 3.78. The molecule has 2 atom stereocenters. The number of hydrogen-bond acceptors (Lipinski definition) is 4. The summed E-state index contributed by atoms with van der Waals surface area (Å²) in [6.45, 7) is 5.75. The Hall–Kier alpha value is -0.430. The van der Waals surface area contributed by atoms with E-state index >= 15 is 0 Å². The second-order valence-electron chi connectivity index (χ2n) is 4.50. The zero-order valence-corrected chi connectivity index (χ0v) is 12.9. The normalized spacial score (nSPS) is 14.7. The molecule has 18 heavy (non-hydrogen) atoms. The minimum atomic E-state index is 0.0960. The number of halogens is 1. The van der Waals surface area contributed by atoms with Gasteiger partial charge in [0.15, 0.2) is 0 Å². The maximum atomic E-state index is 5.72. The fourth-order valence-corrected chi connectivity index (χ4v) is 2.71.